The Hall–Kier alpha value is -3.00. The lowest BCUT2D eigenvalue weighted by Crippen LogP contribution is -2.35. The number of dihydropyridines is 1. The van der Waals surface area contributed by atoms with E-state index in [1.807, 2.05) is 6.92 Å². The molecule has 3 aliphatic rings. The van der Waals surface area contributed by atoms with E-state index >= 15 is 0 Å². The summed E-state index contributed by atoms with van der Waals surface area (Å²) >= 11 is 0. The van der Waals surface area contributed by atoms with Crippen LogP contribution in [0.4, 0.5) is 0 Å². The lowest BCUT2D eigenvalue weighted by Gasteiger charge is -2.35. The van der Waals surface area contributed by atoms with E-state index in [2.05, 4.69) is 5.32 Å². The van der Waals surface area contributed by atoms with Gasteiger partial charge in [0.2, 0.25) is 0 Å². The number of allylic oxidation sites excluding steroid dienone is 3. The molecule has 0 spiro atoms. The first kappa shape index (κ1) is 23.2. The molecule has 1 aliphatic carbocycles. The number of hydrogen-bond donors (Lipinski definition) is 1. The molecule has 0 amide bonds. The van der Waals surface area contributed by atoms with E-state index in [0.29, 0.717) is 52.7 Å². The van der Waals surface area contributed by atoms with Crippen LogP contribution in [-0.4, -0.2) is 52.4 Å². The predicted molar refractivity (Wildman–Crippen MR) is 120 cm³/mol. The summed E-state index contributed by atoms with van der Waals surface area (Å²) in [7, 11) is 4.64. The number of benzene rings is 1. The van der Waals surface area contributed by atoms with Crippen LogP contribution in [0.1, 0.15) is 50.5 Å². The molecule has 0 bridgehead atoms. The molecular formula is C25H31NO7. The maximum absolute atomic E-state index is 13.4. The predicted octanol–water partition coefficient (Wildman–Crippen LogP) is 3.40. The number of Topliss-reactive ketones (excluding diaryl/α,β-unsaturated/α-hetero) is 1. The van der Waals surface area contributed by atoms with Crippen LogP contribution < -0.4 is 19.5 Å². The monoisotopic (exact) mass is 457 g/mol. The van der Waals surface area contributed by atoms with Gasteiger partial charge in [0, 0.05) is 41.6 Å². The van der Waals surface area contributed by atoms with E-state index in [0.717, 1.165) is 31.4 Å². The van der Waals surface area contributed by atoms with Crippen molar-refractivity contribution >= 4 is 11.8 Å². The van der Waals surface area contributed by atoms with Crippen LogP contribution in [0.5, 0.6) is 17.2 Å². The standard InChI is InChI=1S/C25H31NO7/c1-14-22(25(28)33-13-15-7-6-10-32-15)23(24-17(26-14)8-5-9-18(24)27)16-11-20(30-3)21(31-4)12-19(16)29-2/h11-12,15,23,26H,5-10,13H2,1-4H3/t15-,23-/m1/s1. The largest absolute Gasteiger partial charge is 0.496 e. The maximum Gasteiger partial charge on any atom is 0.336 e. The third-order valence-electron chi connectivity index (χ3n) is 6.47. The smallest absolute Gasteiger partial charge is 0.336 e. The first-order valence-electron chi connectivity index (χ1n) is 11.3. The van der Waals surface area contributed by atoms with Crippen LogP contribution in [0.15, 0.2) is 34.7 Å². The van der Waals surface area contributed by atoms with Gasteiger partial charge in [-0.2, -0.15) is 0 Å². The quantitative estimate of drug-likeness (QED) is 0.623. The van der Waals surface area contributed by atoms with Crippen LogP contribution in [0, 0.1) is 0 Å². The van der Waals surface area contributed by atoms with Gasteiger partial charge < -0.3 is 29.0 Å². The van der Waals surface area contributed by atoms with Crippen LogP contribution in [0.3, 0.4) is 0 Å². The second-order valence-electron chi connectivity index (χ2n) is 8.45. The van der Waals surface area contributed by atoms with Gasteiger partial charge in [-0.15, -0.1) is 0 Å². The number of carbonyl (C=O) groups is 2. The SMILES string of the molecule is COc1cc(OC)c([C@@H]2C(C(=O)OC[C@H]3CCCO3)=C(C)NC3=C2C(=O)CCC3)cc1OC. The Kier molecular flexibility index (Phi) is 6.93. The second-order valence-corrected chi connectivity index (χ2v) is 8.45. The summed E-state index contributed by atoms with van der Waals surface area (Å²) in [4.78, 5) is 26.5. The van der Waals surface area contributed by atoms with Gasteiger partial charge >= 0.3 is 5.97 Å². The summed E-state index contributed by atoms with van der Waals surface area (Å²) in [5.74, 6) is 0.397. The van der Waals surface area contributed by atoms with Crippen molar-refractivity contribution in [3.05, 3.63) is 40.2 Å². The van der Waals surface area contributed by atoms with Gasteiger partial charge in [-0.3, -0.25) is 4.79 Å². The van der Waals surface area contributed by atoms with Crippen molar-refractivity contribution < 1.29 is 33.3 Å². The van der Waals surface area contributed by atoms with E-state index in [1.54, 1.807) is 33.5 Å². The minimum Gasteiger partial charge on any atom is -0.496 e. The molecule has 1 aromatic carbocycles. The van der Waals surface area contributed by atoms with Crippen molar-refractivity contribution in [1.82, 2.24) is 5.32 Å². The first-order valence-corrected chi connectivity index (χ1v) is 11.3. The number of nitrogens with one attached hydrogen (secondary N) is 1. The van der Waals surface area contributed by atoms with Gasteiger partial charge in [0.15, 0.2) is 17.3 Å². The molecule has 1 aromatic rings. The lowest BCUT2D eigenvalue weighted by molar-refractivity contribution is -0.142. The molecular weight excluding hydrogens is 426 g/mol. The molecule has 0 saturated carbocycles. The number of ketones is 1. The molecule has 2 heterocycles. The summed E-state index contributed by atoms with van der Waals surface area (Å²) in [6, 6.07) is 3.50. The minimum atomic E-state index is -0.638. The Bertz CT molecular complexity index is 1000. The minimum absolute atomic E-state index is 0.0162. The highest BCUT2D eigenvalue weighted by molar-refractivity contribution is 6.04. The summed E-state index contributed by atoms with van der Waals surface area (Å²) in [6.07, 6.45) is 3.68. The van der Waals surface area contributed by atoms with E-state index < -0.39 is 11.9 Å². The molecule has 2 atom stereocenters. The van der Waals surface area contributed by atoms with Crippen LogP contribution >= 0.6 is 0 Å². The first-order chi connectivity index (χ1) is 16.0. The summed E-state index contributed by atoms with van der Waals surface area (Å²) in [5.41, 5.74) is 3.15. The van der Waals surface area contributed by atoms with Gasteiger partial charge in [0.25, 0.3) is 0 Å². The molecule has 1 N–H and O–H groups in total. The van der Waals surface area contributed by atoms with Crippen molar-refractivity contribution in [2.75, 3.05) is 34.5 Å². The fourth-order valence-electron chi connectivity index (χ4n) is 4.87. The Balaban J connectivity index is 1.80. The maximum atomic E-state index is 13.4. The van der Waals surface area contributed by atoms with Crippen molar-refractivity contribution in [3.8, 4) is 17.2 Å². The van der Waals surface area contributed by atoms with E-state index in [4.69, 9.17) is 23.7 Å². The van der Waals surface area contributed by atoms with E-state index in [9.17, 15) is 9.59 Å². The highest BCUT2D eigenvalue weighted by atomic mass is 16.6. The van der Waals surface area contributed by atoms with E-state index in [1.165, 1.54) is 0 Å². The zero-order chi connectivity index (χ0) is 23.5. The fourth-order valence-corrected chi connectivity index (χ4v) is 4.87. The van der Waals surface area contributed by atoms with Crippen LogP contribution in [-0.2, 0) is 19.1 Å². The highest BCUT2D eigenvalue weighted by Crippen LogP contribution is 2.48. The zero-order valence-corrected chi connectivity index (χ0v) is 19.6. The Morgan fingerprint density at radius 3 is 2.45 bits per heavy atom. The molecule has 33 heavy (non-hydrogen) atoms. The molecule has 0 unspecified atom stereocenters. The number of esters is 1. The Morgan fingerprint density at radius 2 is 1.79 bits per heavy atom. The summed E-state index contributed by atoms with van der Waals surface area (Å²) < 4.78 is 27.9. The zero-order valence-electron chi connectivity index (χ0n) is 19.6. The summed E-state index contributed by atoms with van der Waals surface area (Å²) in [5, 5.41) is 3.31. The van der Waals surface area contributed by atoms with Gasteiger partial charge in [-0.05, 0) is 38.7 Å². The molecule has 0 radical (unpaired) electrons. The van der Waals surface area contributed by atoms with Gasteiger partial charge in [-0.25, -0.2) is 4.79 Å². The molecule has 8 nitrogen and oxygen atoms in total. The van der Waals surface area contributed by atoms with Crippen LogP contribution in [0.2, 0.25) is 0 Å². The van der Waals surface area contributed by atoms with E-state index in [-0.39, 0.29) is 18.5 Å². The second kappa shape index (κ2) is 9.87. The normalized spacial score (nSPS) is 22.6. The average molecular weight is 458 g/mol. The molecule has 4 rings (SSSR count). The Labute approximate surface area is 193 Å². The van der Waals surface area contributed by atoms with Crippen molar-refractivity contribution in [3.63, 3.8) is 0 Å². The van der Waals surface area contributed by atoms with Gasteiger partial charge in [-0.1, -0.05) is 0 Å². The third-order valence-corrected chi connectivity index (χ3v) is 6.47. The third kappa shape index (κ3) is 4.44. The molecule has 8 heteroatoms. The van der Waals surface area contributed by atoms with Gasteiger partial charge in [0.05, 0.1) is 38.9 Å². The number of methoxy groups -OCH3 is 3. The molecule has 1 fully saturated rings. The van der Waals surface area contributed by atoms with Crippen LogP contribution in [0.25, 0.3) is 0 Å². The number of hydrogen-bond acceptors (Lipinski definition) is 8. The van der Waals surface area contributed by atoms with Crippen molar-refractivity contribution in [2.24, 2.45) is 0 Å². The topological polar surface area (TPSA) is 92.3 Å². The van der Waals surface area contributed by atoms with Gasteiger partial charge in [0.1, 0.15) is 12.4 Å². The fraction of sp³-hybridized carbons (Fsp3) is 0.520. The summed E-state index contributed by atoms with van der Waals surface area (Å²) in [6.45, 7) is 2.71. The number of rotatable bonds is 7. The van der Waals surface area contributed by atoms with Crippen molar-refractivity contribution in [2.45, 2.75) is 51.0 Å². The molecule has 0 aromatic heterocycles. The number of ether oxygens (including phenoxy) is 5. The molecule has 1 saturated heterocycles. The van der Waals surface area contributed by atoms with Crippen molar-refractivity contribution in [1.29, 1.82) is 0 Å². The molecule has 2 aliphatic heterocycles. The number of carbonyl (C=O) groups excluding carboxylic acids is 2. The lowest BCUT2D eigenvalue weighted by atomic mass is 9.75. The molecule has 178 valence electrons. The Morgan fingerprint density at radius 1 is 1.06 bits per heavy atom. The average Bonchev–Trinajstić information content (AvgIpc) is 3.34. The highest BCUT2D eigenvalue weighted by Gasteiger charge is 2.41.